The van der Waals surface area contributed by atoms with E-state index < -0.39 is 48.0 Å². The van der Waals surface area contributed by atoms with Crippen molar-refractivity contribution in [1.29, 1.82) is 0 Å². The molecule has 9 nitrogen and oxygen atoms in total. The van der Waals surface area contributed by atoms with Gasteiger partial charge in [-0.2, -0.15) is 0 Å². The van der Waals surface area contributed by atoms with Crippen LogP contribution in [0.15, 0.2) is 0 Å². The lowest BCUT2D eigenvalue weighted by molar-refractivity contribution is -0.238. The Kier molecular flexibility index (Phi) is 5.66. The molecule has 0 amide bonds. The molecular weight excluding hydrogens is 336 g/mol. The van der Waals surface area contributed by atoms with E-state index in [1.54, 1.807) is 0 Å². The van der Waals surface area contributed by atoms with Crippen LogP contribution < -0.4 is 0 Å². The zero-order valence-electron chi connectivity index (χ0n) is 14.6. The smallest absolute Gasteiger partial charge is 0.305 e. The summed E-state index contributed by atoms with van der Waals surface area (Å²) in [4.78, 5) is 45.4. The number of ether oxygens (including phenoxy) is 5. The van der Waals surface area contributed by atoms with E-state index in [0.717, 1.165) is 0 Å². The molecule has 0 aromatic rings. The zero-order chi connectivity index (χ0) is 18.8. The minimum absolute atomic E-state index is 0.0622. The van der Waals surface area contributed by atoms with Gasteiger partial charge in [0.1, 0.15) is 5.60 Å². The van der Waals surface area contributed by atoms with Crippen molar-refractivity contribution in [3.63, 3.8) is 0 Å². The Labute approximate surface area is 144 Å². The van der Waals surface area contributed by atoms with E-state index in [1.807, 2.05) is 0 Å². The molecule has 1 spiro atoms. The fourth-order valence-electron chi connectivity index (χ4n) is 3.29. The van der Waals surface area contributed by atoms with Gasteiger partial charge in [0, 0.05) is 33.6 Å². The summed E-state index contributed by atoms with van der Waals surface area (Å²) < 4.78 is 26.6. The molecule has 3 unspecified atom stereocenters. The first kappa shape index (κ1) is 19.2. The van der Waals surface area contributed by atoms with Gasteiger partial charge in [-0.25, -0.2) is 0 Å². The van der Waals surface area contributed by atoms with E-state index in [1.165, 1.54) is 27.7 Å². The average molecular weight is 358 g/mol. The molecule has 140 valence electrons. The van der Waals surface area contributed by atoms with Crippen molar-refractivity contribution in [2.75, 3.05) is 6.61 Å². The number of hydrogen-bond acceptors (Lipinski definition) is 9. The van der Waals surface area contributed by atoms with Crippen molar-refractivity contribution in [2.24, 2.45) is 5.92 Å². The van der Waals surface area contributed by atoms with Gasteiger partial charge in [0.25, 0.3) is 0 Å². The van der Waals surface area contributed by atoms with Crippen LogP contribution >= 0.6 is 0 Å². The van der Waals surface area contributed by atoms with Crippen LogP contribution in [0.2, 0.25) is 0 Å². The number of carbonyl (C=O) groups excluding carboxylic acids is 4. The zero-order valence-corrected chi connectivity index (χ0v) is 14.6. The predicted octanol–water partition coefficient (Wildman–Crippen LogP) is 0.481. The second-order valence-corrected chi connectivity index (χ2v) is 6.19. The fourth-order valence-corrected chi connectivity index (χ4v) is 3.29. The highest BCUT2D eigenvalue weighted by atomic mass is 16.8. The summed E-state index contributed by atoms with van der Waals surface area (Å²) in [6, 6.07) is 0. The van der Waals surface area contributed by atoms with E-state index in [9.17, 15) is 19.2 Å². The maximum Gasteiger partial charge on any atom is 0.305 e. The van der Waals surface area contributed by atoms with Crippen molar-refractivity contribution >= 4 is 23.9 Å². The van der Waals surface area contributed by atoms with Gasteiger partial charge in [0.2, 0.25) is 12.4 Å². The Bertz CT molecular complexity index is 572. The summed E-state index contributed by atoms with van der Waals surface area (Å²) in [6.07, 6.45) is -2.12. The molecule has 0 aromatic heterocycles. The molecule has 0 aromatic carbocycles. The topological polar surface area (TPSA) is 114 Å². The lowest BCUT2D eigenvalue weighted by Gasteiger charge is -2.48. The Morgan fingerprint density at radius 2 is 1.52 bits per heavy atom. The highest BCUT2D eigenvalue weighted by molar-refractivity contribution is 5.68. The van der Waals surface area contributed by atoms with Gasteiger partial charge >= 0.3 is 23.9 Å². The van der Waals surface area contributed by atoms with E-state index in [2.05, 4.69) is 0 Å². The summed E-state index contributed by atoms with van der Waals surface area (Å²) in [7, 11) is 0. The molecule has 2 rings (SSSR count). The van der Waals surface area contributed by atoms with Gasteiger partial charge in [-0.05, 0) is 12.8 Å². The third-order valence-corrected chi connectivity index (χ3v) is 4.32. The quantitative estimate of drug-likeness (QED) is 0.511. The van der Waals surface area contributed by atoms with Crippen LogP contribution in [0.1, 0.15) is 40.5 Å². The molecule has 2 aliphatic rings. The van der Waals surface area contributed by atoms with Crippen LogP contribution in [-0.4, -0.2) is 54.6 Å². The van der Waals surface area contributed by atoms with Crippen molar-refractivity contribution in [3.05, 3.63) is 0 Å². The van der Waals surface area contributed by atoms with Crippen molar-refractivity contribution in [3.8, 4) is 0 Å². The van der Waals surface area contributed by atoms with Gasteiger partial charge in [-0.15, -0.1) is 0 Å². The molecular formula is C16H22O9. The van der Waals surface area contributed by atoms with Crippen molar-refractivity contribution < 1.29 is 42.9 Å². The van der Waals surface area contributed by atoms with Gasteiger partial charge in [-0.1, -0.05) is 0 Å². The SMILES string of the molecule is CC(=O)OC[C@@H]1CC[C@@]12OC(OC(C)=O)C(OC(C)=O)C2OC(C)=O. The lowest BCUT2D eigenvalue weighted by atomic mass is 9.66. The van der Waals surface area contributed by atoms with Crippen molar-refractivity contribution in [2.45, 2.75) is 64.6 Å². The molecule has 0 radical (unpaired) electrons. The molecule has 5 atom stereocenters. The van der Waals surface area contributed by atoms with Crippen LogP contribution in [0, 0.1) is 5.92 Å². The molecule has 0 N–H and O–H groups in total. The Morgan fingerprint density at radius 3 is 1.96 bits per heavy atom. The number of esters is 4. The van der Waals surface area contributed by atoms with Gasteiger partial charge < -0.3 is 23.7 Å². The standard InChI is InChI=1S/C16H22O9/c1-8(17)21-7-12-5-6-16(12)14(23-10(3)19)13(22-9(2)18)15(25-16)24-11(4)20/h12-15H,5-7H2,1-4H3/t12-,13?,14?,15?,16+/m0/s1. The highest BCUT2D eigenvalue weighted by Gasteiger charge is 2.67. The summed E-state index contributed by atoms with van der Waals surface area (Å²) >= 11 is 0. The maximum atomic E-state index is 11.5. The van der Waals surface area contributed by atoms with Crippen LogP contribution in [0.25, 0.3) is 0 Å². The van der Waals surface area contributed by atoms with Gasteiger partial charge in [0.15, 0.2) is 6.10 Å². The fraction of sp³-hybridized carbons (Fsp3) is 0.750. The average Bonchev–Trinajstić information content (AvgIpc) is 2.72. The maximum absolute atomic E-state index is 11.5. The largest absolute Gasteiger partial charge is 0.465 e. The van der Waals surface area contributed by atoms with Crippen LogP contribution in [0.4, 0.5) is 0 Å². The molecule has 1 heterocycles. The second kappa shape index (κ2) is 7.38. The minimum atomic E-state index is -1.20. The third-order valence-electron chi connectivity index (χ3n) is 4.32. The van der Waals surface area contributed by atoms with Crippen LogP contribution in [0.5, 0.6) is 0 Å². The van der Waals surface area contributed by atoms with Gasteiger partial charge in [0.05, 0.1) is 6.61 Å². The Balaban J connectivity index is 2.29. The number of rotatable bonds is 5. The summed E-state index contributed by atoms with van der Waals surface area (Å²) in [5, 5.41) is 0. The number of hydrogen-bond donors (Lipinski definition) is 0. The third kappa shape index (κ3) is 4.09. The molecule has 1 saturated carbocycles. The Morgan fingerprint density at radius 1 is 0.920 bits per heavy atom. The van der Waals surface area contributed by atoms with E-state index >= 15 is 0 Å². The summed E-state index contributed by atoms with van der Waals surface area (Å²) in [6.45, 7) is 4.95. The first-order valence-corrected chi connectivity index (χ1v) is 7.98. The van der Waals surface area contributed by atoms with Crippen LogP contribution in [0.3, 0.4) is 0 Å². The monoisotopic (exact) mass is 358 g/mol. The molecule has 25 heavy (non-hydrogen) atoms. The first-order chi connectivity index (χ1) is 11.7. The molecule has 0 bridgehead atoms. The molecule has 1 saturated heterocycles. The molecule has 1 aliphatic carbocycles. The predicted molar refractivity (Wildman–Crippen MR) is 79.8 cm³/mol. The van der Waals surface area contributed by atoms with Crippen LogP contribution in [-0.2, 0) is 42.9 Å². The normalized spacial score (nSPS) is 33.3. The van der Waals surface area contributed by atoms with E-state index in [-0.39, 0.29) is 12.5 Å². The van der Waals surface area contributed by atoms with Crippen molar-refractivity contribution in [1.82, 2.24) is 0 Å². The molecule has 9 heteroatoms. The summed E-state index contributed by atoms with van der Waals surface area (Å²) in [5.74, 6) is -2.57. The van der Waals surface area contributed by atoms with E-state index in [0.29, 0.717) is 12.8 Å². The first-order valence-electron chi connectivity index (χ1n) is 7.98. The van der Waals surface area contributed by atoms with E-state index in [4.69, 9.17) is 23.7 Å². The van der Waals surface area contributed by atoms with Gasteiger partial charge in [-0.3, -0.25) is 19.2 Å². The summed E-state index contributed by atoms with van der Waals surface area (Å²) in [5.41, 5.74) is -1.04. The molecule has 1 aliphatic heterocycles. The second-order valence-electron chi connectivity index (χ2n) is 6.19. The molecule has 2 fully saturated rings. The number of carbonyl (C=O) groups is 4. The lowest BCUT2D eigenvalue weighted by Crippen LogP contribution is -2.59. The Hall–Kier alpha value is -2.16. The minimum Gasteiger partial charge on any atom is -0.465 e. The highest BCUT2D eigenvalue weighted by Crippen LogP contribution is 2.52.